The minimum absolute atomic E-state index is 0.267. The Labute approximate surface area is 377 Å². The molecule has 4 nitrogen and oxygen atoms in total. The molecule has 0 saturated carbocycles. The molecule has 2 heterocycles. The van der Waals surface area contributed by atoms with Crippen LogP contribution in [0.2, 0.25) is 0 Å². The average molecular weight is 827 g/mol. The topological polar surface area (TPSA) is 13.0 Å². The number of hydrogen-bond donors (Lipinski definition) is 0. The summed E-state index contributed by atoms with van der Waals surface area (Å²) in [6, 6.07) is 83.7. The summed E-state index contributed by atoms with van der Waals surface area (Å²) in [6.45, 7) is 9.47. The first-order valence-corrected chi connectivity index (χ1v) is 22.3. The largest absolute Gasteiger partial charge is 0.310 e. The lowest BCUT2D eigenvalue weighted by molar-refractivity contribution is 0.631. The van der Waals surface area contributed by atoms with Gasteiger partial charge in [-0.25, -0.2) is 0 Å². The van der Waals surface area contributed by atoms with Crippen molar-refractivity contribution in [2.45, 2.75) is 38.5 Å². The fourth-order valence-corrected chi connectivity index (χ4v) is 10.2. The molecule has 0 radical (unpaired) electrons. The molecule has 2 aliphatic heterocycles. The summed E-state index contributed by atoms with van der Waals surface area (Å²) >= 11 is 0. The van der Waals surface area contributed by atoms with Crippen molar-refractivity contribution >= 4 is 68.2 Å². The highest BCUT2D eigenvalue weighted by molar-refractivity contribution is 5.93. The van der Waals surface area contributed by atoms with E-state index in [1.165, 1.54) is 45.0 Å². The lowest BCUT2D eigenvalue weighted by atomic mass is 9.73. The Bertz CT molecular complexity index is 2840. The second kappa shape index (κ2) is 15.5. The molecule has 64 heavy (non-hydrogen) atoms. The molecular formula is C60H50N4. The van der Waals surface area contributed by atoms with Gasteiger partial charge in [0.15, 0.2) is 0 Å². The van der Waals surface area contributed by atoms with E-state index in [0.29, 0.717) is 0 Å². The van der Waals surface area contributed by atoms with E-state index in [1.807, 2.05) is 0 Å². The van der Waals surface area contributed by atoms with Gasteiger partial charge in [0.25, 0.3) is 0 Å². The number of benzene rings is 9. The standard InChI is InChI=1S/C60H50N4/c1-59(2)51-32-17-19-34-55(51)63(57-38-36-49(41-53(57)59)61(43-22-9-5-10-23-43)44-24-11-6-12-25-44)47-30-21-31-48(40-47)64-56-35-20-18-33-52(56)60(3,4)54-42-50(37-39-58(54)64)62(45-26-13-7-14-27-45)46-28-15-8-16-29-46/h5-42H,1-4H3. The number of rotatable bonds is 8. The van der Waals surface area contributed by atoms with Gasteiger partial charge in [-0.3, -0.25) is 0 Å². The normalized spacial score (nSPS) is 14.1. The third-order valence-corrected chi connectivity index (χ3v) is 13.3. The number of anilines is 12. The fraction of sp³-hybridized carbons (Fsp3) is 0.100. The van der Waals surface area contributed by atoms with Crippen molar-refractivity contribution in [3.05, 3.63) is 253 Å². The van der Waals surface area contributed by atoms with Crippen LogP contribution in [0.25, 0.3) is 0 Å². The van der Waals surface area contributed by atoms with Gasteiger partial charge in [0.2, 0.25) is 0 Å². The minimum Gasteiger partial charge on any atom is -0.310 e. The van der Waals surface area contributed by atoms with Crippen LogP contribution in [0.5, 0.6) is 0 Å². The smallest absolute Gasteiger partial charge is 0.0504 e. The minimum atomic E-state index is -0.267. The molecule has 0 bridgehead atoms. The lowest BCUT2D eigenvalue weighted by Crippen LogP contribution is -2.32. The number of para-hydroxylation sites is 6. The predicted molar refractivity (Wildman–Crippen MR) is 269 cm³/mol. The van der Waals surface area contributed by atoms with Gasteiger partial charge >= 0.3 is 0 Å². The molecule has 0 unspecified atom stereocenters. The van der Waals surface area contributed by atoms with E-state index < -0.39 is 0 Å². The molecule has 2 aliphatic rings. The van der Waals surface area contributed by atoms with Gasteiger partial charge in [0.1, 0.15) is 0 Å². The van der Waals surface area contributed by atoms with Crippen LogP contribution in [0.4, 0.5) is 68.2 Å². The molecule has 9 aromatic rings. The number of nitrogens with zero attached hydrogens (tertiary/aromatic N) is 4. The monoisotopic (exact) mass is 826 g/mol. The molecule has 11 rings (SSSR count). The van der Waals surface area contributed by atoms with Gasteiger partial charge < -0.3 is 19.6 Å². The van der Waals surface area contributed by atoms with Crippen LogP contribution in [-0.2, 0) is 10.8 Å². The molecule has 0 aliphatic carbocycles. The first-order valence-electron chi connectivity index (χ1n) is 22.3. The summed E-state index contributed by atoms with van der Waals surface area (Å²) in [4.78, 5) is 9.66. The Kier molecular flexibility index (Phi) is 9.47. The molecule has 0 amide bonds. The Balaban J connectivity index is 1.06. The first-order chi connectivity index (χ1) is 31.3. The van der Waals surface area contributed by atoms with Crippen LogP contribution in [-0.4, -0.2) is 0 Å². The zero-order chi connectivity index (χ0) is 43.4. The summed E-state index contributed by atoms with van der Waals surface area (Å²) < 4.78 is 0. The third-order valence-electron chi connectivity index (χ3n) is 13.3. The van der Waals surface area contributed by atoms with Crippen LogP contribution in [0.15, 0.2) is 231 Å². The van der Waals surface area contributed by atoms with Crippen molar-refractivity contribution in [1.29, 1.82) is 0 Å². The molecule has 4 heteroatoms. The molecule has 0 N–H and O–H groups in total. The first kappa shape index (κ1) is 39.1. The number of fused-ring (bicyclic) bond motifs is 4. The van der Waals surface area contributed by atoms with E-state index >= 15 is 0 Å². The zero-order valence-electron chi connectivity index (χ0n) is 36.7. The van der Waals surface area contributed by atoms with E-state index in [1.54, 1.807) is 0 Å². The summed E-state index contributed by atoms with van der Waals surface area (Å²) in [6.07, 6.45) is 0. The molecule has 9 aromatic carbocycles. The van der Waals surface area contributed by atoms with Crippen molar-refractivity contribution in [3.8, 4) is 0 Å². The lowest BCUT2D eigenvalue weighted by Gasteiger charge is -2.44. The maximum atomic E-state index is 2.47. The van der Waals surface area contributed by atoms with Gasteiger partial charge in [-0.05, 0) is 138 Å². The summed E-state index contributed by atoms with van der Waals surface area (Å²) in [5.41, 5.74) is 18.3. The quantitative estimate of drug-likeness (QED) is 0.151. The summed E-state index contributed by atoms with van der Waals surface area (Å²) in [5.74, 6) is 0. The van der Waals surface area contributed by atoms with Crippen LogP contribution >= 0.6 is 0 Å². The molecule has 0 fully saturated rings. The molecule has 0 spiro atoms. The van der Waals surface area contributed by atoms with E-state index in [-0.39, 0.29) is 10.8 Å². The Morgan fingerprint density at radius 2 is 0.578 bits per heavy atom. The molecular weight excluding hydrogens is 777 g/mol. The van der Waals surface area contributed by atoms with Crippen LogP contribution in [0.3, 0.4) is 0 Å². The molecule has 0 aromatic heterocycles. The third kappa shape index (κ3) is 6.45. The summed E-state index contributed by atoms with van der Waals surface area (Å²) in [5, 5.41) is 0. The Morgan fingerprint density at radius 3 is 0.938 bits per heavy atom. The van der Waals surface area contributed by atoms with Crippen LogP contribution in [0, 0.1) is 0 Å². The van der Waals surface area contributed by atoms with Crippen molar-refractivity contribution in [1.82, 2.24) is 0 Å². The van der Waals surface area contributed by atoms with Gasteiger partial charge in [-0.2, -0.15) is 0 Å². The van der Waals surface area contributed by atoms with Gasteiger partial charge in [-0.15, -0.1) is 0 Å². The maximum absolute atomic E-state index is 2.47. The van der Waals surface area contributed by atoms with E-state index in [0.717, 1.165) is 45.5 Å². The average Bonchev–Trinajstić information content (AvgIpc) is 3.34. The van der Waals surface area contributed by atoms with Gasteiger partial charge in [0, 0.05) is 56.3 Å². The van der Waals surface area contributed by atoms with E-state index in [9.17, 15) is 0 Å². The second-order valence-electron chi connectivity index (χ2n) is 17.9. The predicted octanol–water partition coefficient (Wildman–Crippen LogP) is 16.8. The van der Waals surface area contributed by atoms with Crippen molar-refractivity contribution in [2.24, 2.45) is 0 Å². The van der Waals surface area contributed by atoms with E-state index in [4.69, 9.17) is 0 Å². The van der Waals surface area contributed by atoms with Gasteiger partial charge in [-0.1, -0.05) is 143 Å². The Morgan fingerprint density at radius 1 is 0.266 bits per heavy atom. The Hall–Kier alpha value is -7.82. The zero-order valence-corrected chi connectivity index (χ0v) is 36.7. The van der Waals surface area contributed by atoms with Crippen LogP contribution < -0.4 is 19.6 Å². The van der Waals surface area contributed by atoms with Crippen molar-refractivity contribution in [3.63, 3.8) is 0 Å². The van der Waals surface area contributed by atoms with E-state index in [2.05, 4.69) is 278 Å². The van der Waals surface area contributed by atoms with Crippen molar-refractivity contribution < 1.29 is 0 Å². The van der Waals surface area contributed by atoms with Crippen molar-refractivity contribution in [2.75, 3.05) is 19.6 Å². The number of hydrogen-bond acceptors (Lipinski definition) is 4. The molecule has 0 saturated heterocycles. The van der Waals surface area contributed by atoms with Crippen LogP contribution in [0.1, 0.15) is 49.9 Å². The highest BCUT2D eigenvalue weighted by Crippen LogP contribution is 2.56. The fourth-order valence-electron chi connectivity index (χ4n) is 10.2. The maximum Gasteiger partial charge on any atom is 0.0504 e. The SMILES string of the molecule is CC1(C)c2ccccc2N(c2cccc(N3c4ccccc4C(C)(C)c4cc(N(c5ccccc5)c5ccccc5)ccc43)c2)c2ccc(N(c3ccccc3)c3ccccc3)cc21. The molecule has 310 valence electrons. The molecule has 0 atom stereocenters. The van der Waals surface area contributed by atoms with Gasteiger partial charge in [0.05, 0.1) is 22.7 Å². The highest BCUT2D eigenvalue weighted by atomic mass is 15.2. The summed E-state index contributed by atoms with van der Waals surface area (Å²) in [7, 11) is 0. The highest BCUT2D eigenvalue weighted by Gasteiger charge is 2.40. The second-order valence-corrected chi connectivity index (χ2v) is 17.9.